The van der Waals surface area contributed by atoms with Gasteiger partial charge in [0.05, 0.1) is 6.61 Å². The van der Waals surface area contributed by atoms with Crippen LogP contribution in [0.3, 0.4) is 0 Å². The van der Waals surface area contributed by atoms with Crippen LogP contribution in [0.25, 0.3) is 0 Å². The van der Waals surface area contributed by atoms with E-state index in [-0.39, 0.29) is 31.1 Å². The summed E-state index contributed by atoms with van der Waals surface area (Å²) in [4.78, 5) is 35.9. The topological polar surface area (TPSA) is 81.7 Å². The Labute approximate surface area is 164 Å². The molecule has 0 atom stereocenters. The average molecular weight is 383 g/mol. The Morgan fingerprint density at radius 3 is 2.54 bits per heavy atom. The van der Waals surface area contributed by atoms with E-state index in [4.69, 9.17) is 9.47 Å². The highest BCUT2D eigenvalue weighted by molar-refractivity contribution is 6.01. The number of Topliss-reactive ketones (excluding diaryl/α,β-unsaturated/α-hetero) is 1. The molecule has 0 heterocycles. The van der Waals surface area contributed by atoms with E-state index in [0.29, 0.717) is 23.6 Å². The van der Waals surface area contributed by atoms with Gasteiger partial charge in [-0.3, -0.25) is 9.59 Å². The number of carbonyl (C=O) groups is 3. The van der Waals surface area contributed by atoms with E-state index in [0.717, 1.165) is 11.1 Å². The van der Waals surface area contributed by atoms with Crippen molar-refractivity contribution in [1.29, 1.82) is 0 Å². The van der Waals surface area contributed by atoms with Gasteiger partial charge in [-0.05, 0) is 44.5 Å². The molecule has 1 amide bonds. The monoisotopic (exact) mass is 383 g/mol. The van der Waals surface area contributed by atoms with Gasteiger partial charge in [-0.15, -0.1) is 0 Å². The van der Waals surface area contributed by atoms with Gasteiger partial charge >= 0.3 is 5.97 Å². The predicted octanol–water partition coefficient (Wildman–Crippen LogP) is 3.85. The summed E-state index contributed by atoms with van der Waals surface area (Å²) in [6, 6.07) is 12.4. The Morgan fingerprint density at radius 2 is 1.79 bits per heavy atom. The Bertz CT molecular complexity index is 860. The third-order valence-electron chi connectivity index (χ3n) is 4.05. The van der Waals surface area contributed by atoms with Crippen molar-refractivity contribution in [2.75, 3.05) is 18.5 Å². The summed E-state index contributed by atoms with van der Waals surface area (Å²) in [6.45, 7) is 5.63. The number of rotatable bonds is 9. The van der Waals surface area contributed by atoms with Crippen LogP contribution in [-0.4, -0.2) is 30.9 Å². The SMILES string of the molecule is CCOC(=O)COc1cccc(NC(=O)CCC(=O)c2cc(C)ccc2C)c1. The van der Waals surface area contributed by atoms with Crippen molar-refractivity contribution in [2.45, 2.75) is 33.6 Å². The van der Waals surface area contributed by atoms with Crippen LogP contribution in [0.4, 0.5) is 5.69 Å². The number of hydrogen-bond donors (Lipinski definition) is 1. The fourth-order valence-electron chi connectivity index (χ4n) is 2.63. The zero-order valence-corrected chi connectivity index (χ0v) is 16.4. The van der Waals surface area contributed by atoms with Gasteiger partial charge in [0.25, 0.3) is 0 Å². The van der Waals surface area contributed by atoms with Crippen LogP contribution in [0.1, 0.15) is 41.3 Å². The van der Waals surface area contributed by atoms with Crippen molar-refractivity contribution in [3.8, 4) is 5.75 Å². The lowest BCUT2D eigenvalue weighted by Crippen LogP contribution is -2.15. The maximum atomic E-state index is 12.4. The third kappa shape index (κ3) is 6.54. The molecule has 0 spiro atoms. The summed E-state index contributed by atoms with van der Waals surface area (Å²) < 4.78 is 10.1. The second-order valence-electron chi connectivity index (χ2n) is 6.41. The summed E-state index contributed by atoms with van der Waals surface area (Å²) in [5.41, 5.74) is 3.10. The number of anilines is 1. The Kier molecular flexibility index (Phi) is 7.75. The van der Waals surface area contributed by atoms with E-state index in [1.165, 1.54) is 0 Å². The van der Waals surface area contributed by atoms with E-state index in [2.05, 4.69) is 5.32 Å². The number of aryl methyl sites for hydroxylation is 2. The van der Waals surface area contributed by atoms with E-state index in [1.807, 2.05) is 32.0 Å². The Balaban J connectivity index is 1.87. The maximum absolute atomic E-state index is 12.4. The minimum absolute atomic E-state index is 0.0529. The average Bonchev–Trinajstić information content (AvgIpc) is 2.67. The molecule has 0 saturated carbocycles. The normalized spacial score (nSPS) is 10.2. The van der Waals surface area contributed by atoms with Gasteiger partial charge in [-0.2, -0.15) is 0 Å². The molecular formula is C22H25NO5. The van der Waals surface area contributed by atoms with Crippen LogP contribution in [-0.2, 0) is 14.3 Å². The Morgan fingerprint density at radius 1 is 1.00 bits per heavy atom. The number of benzene rings is 2. The van der Waals surface area contributed by atoms with Crippen LogP contribution in [0.2, 0.25) is 0 Å². The summed E-state index contributed by atoms with van der Waals surface area (Å²) in [7, 11) is 0. The molecular weight excluding hydrogens is 358 g/mol. The molecule has 0 aliphatic carbocycles. The molecule has 0 radical (unpaired) electrons. The maximum Gasteiger partial charge on any atom is 0.344 e. The van der Waals surface area contributed by atoms with Gasteiger partial charge in [0, 0.05) is 30.2 Å². The summed E-state index contributed by atoms with van der Waals surface area (Å²) in [5.74, 6) is -0.330. The fourth-order valence-corrected chi connectivity index (χ4v) is 2.63. The summed E-state index contributed by atoms with van der Waals surface area (Å²) >= 11 is 0. The highest BCUT2D eigenvalue weighted by Crippen LogP contribution is 2.18. The third-order valence-corrected chi connectivity index (χ3v) is 4.05. The smallest absolute Gasteiger partial charge is 0.344 e. The minimum atomic E-state index is -0.457. The van der Waals surface area contributed by atoms with E-state index >= 15 is 0 Å². The molecule has 0 bridgehead atoms. The number of ether oxygens (including phenoxy) is 2. The zero-order valence-electron chi connectivity index (χ0n) is 16.4. The first-order valence-corrected chi connectivity index (χ1v) is 9.18. The number of amides is 1. The number of carbonyl (C=O) groups excluding carboxylic acids is 3. The van der Waals surface area contributed by atoms with Crippen LogP contribution in [0.5, 0.6) is 5.75 Å². The number of nitrogens with one attached hydrogen (secondary N) is 1. The van der Waals surface area contributed by atoms with Gasteiger partial charge in [-0.1, -0.05) is 23.8 Å². The zero-order chi connectivity index (χ0) is 20.5. The molecule has 0 aliphatic rings. The van der Waals surface area contributed by atoms with E-state index in [9.17, 15) is 14.4 Å². The fraction of sp³-hybridized carbons (Fsp3) is 0.318. The quantitative estimate of drug-likeness (QED) is 0.525. The van der Waals surface area contributed by atoms with Gasteiger partial charge in [-0.25, -0.2) is 4.79 Å². The minimum Gasteiger partial charge on any atom is -0.482 e. The highest BCUT2D eigenvalue weighted by atomic mass is 16.6. The largest absolute Gasteiger partial charge is 0.482 e. The second kappa shape index (κ2) is 10.3. The van der Waals surface area contributed by atoms with Gasteiger partial charge in [0.15, 0.2) is 12.4 Å². The van der Waals surface area contributed by atoms with Gasteiger partial charge in [0.1, 0.15) is 5.75 Å². The first-order valence-electron chi connectivity index (χ1n) is 9.18. The molecule has 0 aliphatic heterocycles. The van der Waals surface area contributed by atoms with Crippen LogP contribution < -0.4 is 10.1 Å². The number of esters is 1. The van der Waals surface area contributed by atoms with Crippen molar-refractivity contribution < 1.29 is 23.9 Å². The van der Waals surface area contributed by atoms with Crippen LogP contribution in [0.15, 0.2) is 42.5 Å². The van der Waals surface area contributed by atoms with Crippen molar-refractivity contribution >= 4 is 23.3 Å². The standard InChI is InChI=1S/C22H25NO5/c1-4-27-22(26)14-28-18-7-5-6-17(13-18)23-21(25)11-10-20(24)19-12-15(2)8-9-16(19)3/h5-9,12-13H,4,10-11,14H2,1-3H3,(H,23,25). The molecule has 2 aromatic rings. The first-order chi connectivity index (χ1) is 13.4. The summed E-state index contributed by atoms with van der Waals surface area (Å²) in [5, 5.41) is 2.74. The molecule has 0 aromatic heterocycles. The lowest BCUT2D eigenvalue weighted by atomic mass is 9.99. The molecule has 0 fully saturated rings. The molecule has 1 N–H and O–H groups in total. The molecule has 2 aromatic carbocycles. The Hall–Kier alpha value is -3.15. The van der Waals surface area contributed by atoms with Crippen molar-refractivity contribution in [3.63, 3.8) is 0 Å². The molecule has 148 valence electrons. The predicted molar refractivity (Wildman–Crippen MR) is 107 cm³/mol. The molecule has 0 unspecified atom stereocenters. The van der Waals surface area contributed by atoms with Gasteiger partial charge < -0.3 is 14.8 Å². The van der Waals surface area contributed by atoms with Crippen LogP contribution >= 0.6 is 0 Å². The number of hydrogen-bond acceptors (Lipinski definition) is 5. The second-order valence-corrected chi connectivity index (χ2v) is 6.41. The molecule has 0 saturated heterocycles. The van der Waals surface area contributed by atoms with E-state index < -0.39 is 5.97 Å². The summed E-state index contributed by atoms with van der Waals surface area (Å²) in [6.07, 6.45) is 0.218. The first kappa shape index (κ1) is 21.2. The molecule has 6 nitrogen and oxygen atoms in total. The van der Waals surface area contributed by atoms with Gasteiger partial charge in [0.2, 0.25) is 5.91 Å². The molecule has 2 rings (SSSR count). The number of ketones is 1. The van der Waals surface area contributed by atoms with E-state index in [1.54, 1.807) is 31.2 Å². The molecule has 6 heteroatoms. The lowest BCUT2D eigenvalue weighted by molar-refractivity contribution is -0.145. The molecule has 28 heavy (non-hydrogen) atoms. The lowest BCUT2D eigenvalue weighted by Gasteiger charge is -2.09. The van der Waals surface area contributed by atoms with Crippen molar-refractivity contribution in [2.24, 2.45) is 0 Å². The van der Waals surface area contributed by atoms with Crippen molar-refractivity contribution in [3.05, 3.63) is 59.2 Å². The highest BCUT2D eigenvalue weighted by Gasteiger charge is 2.12. The van der Waals surface area contributed by atoms with Crippen molar-refractivity contribution in [1.82, 2.24) is 0 Å². The van der Waals surface area contributed by atoms with Crippen LogP contribution in [0, 0.1) is 13.8 Å².